The number of nitrogens with one attached hydrogen (secondary N) is 1. The molecule has 0 spiro atoms. The van der Waals surface area contributed by atoms with Gasteiger partial charge in [-0.1, -0.05) is 37.6 Å². The zero-order valence-corrected chi connectivity index (χ0v) is 12.5. The summed E-state index contributed by atoms with van der Waals surface area (Å²) in [5.41, 5.74) is 2.39. The van der Waals surface area contributed by atoms with Gasteiger partial charge in [0.2, 0.25) is 0 Å². The second-order valence-corrected chi connectivity index (χ2v) is 5.12. The Morgan fingerprint density at radius 1 is 0.905 bits per heavy atom. The van der Waals surface area contributed by atoms with E-state index in [0.29, 0.717) is 5.75 Å². The maximum atomic E-state index is 9.23. The van der Waals surface area contributed by atoms with Crippen molar-refractivity contribution in [3.63, 3.8) is 0 Å². The van der Waals surface area contributed by atoms with Gasteiger partial charge in [0, 0.05) is 13.1 Å². The van der Waals surface area contributed by atoms with Crippen LogP contribution in [0.4, 0.5) is 0 Å². The number of benzene rings is 2. The number of rotatable bonds is 8. The van der Waals surface area contributed by atoms with Gasteiger partial charge < -0.3 is 15.2 Å². The van der Waals surface area contributed by atoms with Gasteiger partial charge in [0.1, 0.15) is 11.5 Å². The number of unbranched alkanes of at least 4 members (excludes halogenated alkanes) is 1. The molecule has 2 N–H and O–H groups in total. The SMILES string of the molecule is CCCCOc1ccc(CNCc2ccc(O)cc2)cc1. The molecule has 0 saturated heterocycles. The minimum atomic E-state index is 0.303. The number of phenolic OH excluding ortho intramolecular Hbond substituents is 1. The van der Waals surface area contributed by atoms with E-state index in [9.17, 15) is 5.11 Å². The van der Waals surface area contributed by atoms with Crippen LogP contribution >= 0.6 is 0 Å². The van der Waals surface area contributed by atoms with Crippen LogP contribution in [0.15, 0.2) is 48.5 Å². The van der Waals surface area contributed by atoms with Crippen molar-refractivity contribution in [2.24, 2.45) is 0 Å². The van der Waals surface area contributed by atoms with E-state index in [0.717, 1.165) is 43.9 Å². The number of ether oxygens (including phenoxy) is 1. The van der Waals surface area contributed by atoms with E-state index in [1.165, 1.54) is 5.56 Å². The van der Waals surface area contributed by atoms with Gasteiger partial charge in [-0.05, 0) is 41.8 Å². The van der Waals surface area contributed by atoms with Crippen molar-refractivity contribution in [1.82, 2.24) is 5.32 Å². The van der Waals surface area contributed by atoms with Crippen molar-refractivity contribution in [2.45, 2.75) is 32.9 Å². The summed E-state index contributed by atoms with van der Waals surface area (Å²) in [4.78, 5) is 0. The largest absolute Gasteiger partial charge is 0.508 e. The van der Waals surface area contributed by atoms with Crippen molar-refractivity contribution in [3.05, 3.63) is 59.7 Å². The van der Waals surface area contributed by atoms with E-state index in [2.05, 4.69) is 24.4 Å². The van der Waals surface area contributed by atoms with Crippen molar-refractivity contribution in [3.8, 4) is 11.5 Å². The summed E-state index contributed by atoms with van der Waals surface area (Å²) in [6.45, 7) is 4.55. The summed E-state index contributed by atoms with van der Waals surface area (Å²) in [5.74, 6) is 1.24. The molecule has 21 heavy (non-hydrogen) atoms. The second kappa shape index (κ2) is 8.32. The monoisotopic (exact) mass is 285 g/mol. The Kier molecular flexibility index (Phi) is 6.10. The van der Waals surface area contributed by atoms with Crippen LogP contribution in [0.5, 0.6) is 11.5 Å². The molecule has 2 aromatic carbocycles. The summed E-state index contributed by atoms with van der Waals surface area (Å²) in [6.07, 6.45) is 2.25. The molecule has 0 aliphatic carbocycles. The molecule has 0 heterocycles. The average Bonchev–Trinajstić information content (AvgIpc) is 2.51. The van der Waals surface area contributed by atoms with E-state index >= 15 is 0 Å². The molecule has 3 heteroatoms. The highest BCUT2D eigenvalue weighted by Crippen LogP contribution is 2.13. The van der Waals surface area contributed by atoms with E-state index < -0.39 is 0 Å². The topological polar surface area (TPSA) is 41.5 Å². The third kappa shape index (κ3) is 5.48. The van der Waals surface area contributed by atoms with Crippen LogP contribution in [-0.2, 0) is 13.1 Å². The Morgan fingerprint density at radius 3 is 2.05 bits per heavy atom. The van der Waals surface area contributed by atoms with E-state index in [1.807, 2.05) is 24.3 Å². The molecule has 3 nitrogen and oxygen atoms in total. The molecule has 112 valence electrons. The van der Waals surface area contributed by atoms with Gasteiger partial charge in [-0.25, -0.2) is 0 Å². The molecule has 0 radical (unpaired) electrons. The van der Waals surface area contributed by atoms with E-state index in [1.54, 1.807) is 12.1 Å². The second-order valence-electron chi connectivity index (χ2n) is 5.12. The zero-order chi connectivity index (χ0) is 14.9. The van der Waals surface area contributed by atoms with Gasteiger partial charge in [0.05, 0.1) is 6.61 Å². The lowest BCUT2D eigenvalue weighted by Gasteiger charge is -2.08. The highest BCUT2D eigenvalue weighted by atomic mass is 16.5. The standard InChI is InChI=1S/C18H23NO2/c1-2-3-12-21-18-10-6-16(7-11-18)14-19-13-15-4-8-17(20)9-5-15/h4-11,19-20H,2-3,12-14H2,1H3. The van der Waals surface area contributed by atoms with E-state index in [4.69, 9.17) is 4.74 Å². The van der Waals surface area contributed by atoms with Gasteiger partial charge in [-0.3, -0.25) is 0 Å². The summed E-state index contributed by atoms with van der Waals surface area (Å²) < 4.78 is 5.64. The smallest absolute Gasteiger partial charge is 0.119 e. The minimum absolute atomic E-state index is 0.303. The third-order valence-corrected chi connectivity index (χ3v) is 3.28. The molecule has 0 aliphatic rings. The predicted molar refractivity (Wildman–Crippen MR) is 85.5 cm³/mol. The molecule has 0 unspecified atom stereocenters. The molecule has 0 atom stereocenters. The quantitative estimate of drug-likeness (QED) is 0.724. The molecule has 0 bridgehead atoms. The van der Waals surface area contributed by atoms with Gasteiger partial charge >= 0.3 is 0 Å². The predicted octanol–water partition coefficient (Wildman–Crippen LogP) is 3.86. The van der Waals surface area contributed by atoms with Crippen molar-refractivity contribution in [1.29, 1.82) is 0 Å². The van der Waals surface area contributed by atoms with Crippen LogP contribution in [0.25, 0.3) is 0 Å². The fraction of sp³-hybridized carbons (Fsp3) is 0.333. The van der Waals surface area contributed by atoms with Crippen molar-refractivity contribution in [2.75, 3.05) is 6.61 Å². The Bertz CT molecular complexity index is 520. The Hall–Kier alpha value is -2.00. The third-order valence-electron chi connectivity index (χ3n) is 3.28. The summed E-state index contributed by atoms with van der Waals surface area (Å²) in [5, 5.41) is 12.6. The van der Waals surface area contributed by atoms with Crippen LogP contribution < -0.4 is 10.1 Å². The first-order valence-corrected chi connectivity index (χ1v) is 7.48. The Balaban J connectivity index is 1.74. The molecular formula is C18H23NO2. The number of hydrogen-bond acceptors (Lipinski definition) is 3. The summed E-state index contributed by atoms with van der Waals surface area (Å²) in [7, 11) is 0. The van der Waals surface area contributed by atoms with Crippen molar-refractivity contribution >= 4 is 0 Å². The van der Waals surface area contributed by atoms with Gasteiger partial charge in [0.15, 0.2) is 0 Å². The Labute approximate surface area is 126 Å². The van der Waals surface area contributed by atoms with Crippen LogP contribution in [0, 0.1) is 0 Å². The molecule has 0 fully saturated rings. The fourth-order valence-electron chi connectivity index (χ4n) is 2.00. The van der Waals surface area contributed by atoms with Crippen LogP contribution in [0.1, 0.15) is 30.9 Å². The Morgan fingerprint density at radius 2 is 1.48 bits per heavy atom. The molecule has 2 aromatic rings. The lowest BCUT2D eigenvalue weighted by atomic mass is 10.2. The highest BCUT2D eigenvalue weighted by Gasteiger charge is 1.97. The first-order valence-electron chi connectivity index (χ1n) is 7.48. The number of hydrogen-bond donors (Lipinski definition) is 2. The molecular weight excluding hydrogens is 262 g/mol. The molecule has 0 amide bonds. The average molecular weight is 285 g/mol. The summed E-state index contributed by atoms with van der Waals surface area (Å²) >= 11 is 0. The van der Waals surface area contributed by atoms with Gasteiger partial charge in [0.25, 0.3) is 0 Å². The lowest BCUT2D eigenvalue weighted by molar-refractivity contribution is 0.309. The fourth-order valence-corrected chi connectivity index (χ4v) is 2.00. The first-order chi connectivity index (χ1) is 10.3. The van der Waals surface area contributed by atoms with Crippen LogP contribution in [0.3, 0.4) is 0 Å². The van der Waals surface area contributed by atoms with Gasteiger partial charge in [-0.15, -0.1) is 0 Å². The molecule has 0 aliphatic heterocycles. The zero-order valence-electron chi connectivity index (χ0n) is 12.5. The number of phenols is 1. The highest BCUT2D eigenvalue weighted by molar-refractivity contribution is 5.28. The maximum absolute atomic E-state index is 9.23. The number of aromatic hydroxyl groups is 1. The van der Waals surface area contributed by atoms with Gasteiger partial charge in [-0.2, -0.15) is 0 Å². The van der Waals surface area contributed by atoms with Crippen LogP contribution in [0.2, 0.25) is 0 Å². The molecule has 0 saturated carbocycles. The maximum Gasteiger partial charge on any atom is 0.119 e. The summed E-state index contributed by atoms with van der Waals surface area (Å²) in [6, 6.07) is 15.5. The lowest BCUT2D eigenvalue weighted by Crippen LogP contribution is -2.12. The first kappa shape index (κ1) is 15.4. The molecule has 0 aromatic heterocycles. The molecule has 2 rings (SSSR count). The van der Waals surface area contributed by atoms with Crippen LogP contribution in [-0.4, -0.2) is 11.7 Å². The normalized spacial score (nSPS) is 10.5. The van der Waals surface area contributed by atoms with Crippen molar-refractivity contribution < 1.29 is 9.84 Å². The minimum Gasteiger partial charge on any atom is -0.508 e. The van der Waals surface area contributed by atoms with E-state index in [-0.39, 0.29) is 0 Å².